The van der Waals surface area contributed by atoms with Crippen molar-refractivity contribution in [2.45, 2.75) is 25.7 Å². The number of aryl methyl sites for hydroxylation is 1. The molecule has 9 heteroatoms. The van der Waals surface area contributed by atoms with Gasteiger partial charge in [-0.15, -0.1) is 11.3 Å². The van der Waals surface area contributed by atoms with Crippen molar-refractivity contribution in [3.8, 4) is 0 Å². The van der Waals surface area contributed by atoms with Gasteiger partial charge in [-0.2, -0.15) is 0 Å². The Morgan fingerprint density at radius 1 is 1.07 bits per heavy atom. The van der Waals surface area contributed by atoms with Gasteiger partial charge in [-0.05, 0) is 43.4 Å². The Morgan fingerprint density at radius 3 is 2.47 bits per heavy atom. The number of nitro benzene ring substituents is 1. The molecule has 8 nitrogen and oxygen atoms in total. The summed E-state index contributed by atoms with van der Waals surface area (Å²) in [4.78, 5) is 40.3. The van der Waals surface area contributed by atoms with Crippen LogP contribution >= 0.6 is 11.3 Å². The molecular formula is C21H23N3O5S. The summed E-state index contributed by atoms with van der Waals surface area (Å²) >= 11 is 1.60. The third-order valence-corrected chi connectivity index (χ3v) is 6.75. The fourth-order valence-corrected chi connectivity index (χ4v) is 5.08. The molecule has 0 radical (unpaired) electrons. The fraction of sp³-hybridized carbons (Fsp3) is 0.429. The van der Waals surface area contributed by atoms with Crippen molar-refractivity contribution in [1.29, 1.82) is 0 Å². The van der Waals surface area contributed by atoms with Crippen LogP contribution in [0.15, 0.2) is 29.6 Å². The van der Waals surface area contributed by atoms with Gasteiger partial charge in [0.15, 0.2) is 6.61 Å². The molecule has 2 aliphatic rings. The topological polar surface area (TPSA) is 93.0 Å². The molecule has 2 aromatic rings. The molecule has 2 heterocycles. The molecule has 0 unspecified atom stereocenters. The molecule has 1 amide bonds. The van der Waals surface area contributed by atoms with E-state index in [9.17, 15) is 19.7 Å². The Hall–Kier alpha value is -2.94. The minimum absolute atomic E-state index is 0.0567. The van der Waals surface area contributed by atoms with Crippen LogP contribution in [0.3, 0.4) is 0 Å². The molecule has 0 atom stereocenters. The smallest absolute Gasteiger partial charge is 0.339 e. The number of nitro groups is 1. The van der Waals surface area contributed by atoms with E-state index in [4.69, 9.17) is 4.74 Å². The van der Waals surface area contributed by atoms with Crippen molar-refractivity contribution < 1.29 is 19.2 Å². The summed E-state index contributed by atoms with van der Waals surface area (Å²) in [7, 11) is 0. The van der Waals surface area contributed by atoms with Crippen molar-refractivity contribution in [2.75, 3.05) is 37.7 Å². The Kier molecular flexibility index (Phi) is 5.98. The SMILES string of the molecule is O=C(OCC(=O)N1CCN(c2ccc([N+](=O)[O-])cc2)CC1)c1csc2c1CCCC2. The van der Waals surface area contributed by atoms with Gasteiger partial charge < -0.3 is 14.5 Å². The lowest BCUT2D eigenvalue weighted by Crippen LogP contribution is -2.49. The van der Waals surface area contributed by atoms with Crippen LogP contribution in [0.4, 0.5) is 11.4 Å². The molecule has 1 aliphatic carbocycles. The lowest BCUT2D eigenvalue weighted by atomic mass is 9.96. The van der Waals surface area contributed by atoms with Crippen molar-refractivity contribution in [3.63, 3.8) is 0 Å². The molecule has 1 aromatic carbocycles. The van der Waals surface area contributed by atoms with Gasteiger partial charge in [0, 0.05) is 54.3 Å². The summed E-state index contributed by atoms with van der Waals surface area (Å²) in [6.07, 6.45) is 4.17. The van der Waals surface area contributed by atoms with Gasteiger partial charge in [-0.1, -0.05) is 0 Å². The predicted molar refractivity (Wildman–Crippen MR) is 113 cm³/mol. The number of hydrogen-bond donors (Lipinski definition) is 0. The average Bonchev–Trinajstić information content (AvgIpc) is 3.22. The van der Waals surface area contributed by atoms with Gasteiger partial charge >= 0.3 is 5.97 Å². The molecule has 1 saturated heterocycles. The van der Waals surface area contributed by atoms with Gasteiger partial charge in [0.25, 0.3) is 11.6 Å². The fourth-order valence-electron chi connectivity index (χ4n) is 3.96. The number of amides is 1. The number of carbonyl (C=O) groups excluding carboxylic acids is 2. The monoisotopic (exact) mass is 429 g/mol. The number of fused-ring (bicyclic) bond motifs is 1. The van der Waals surface area contributed by atoms with E-state index in [1.54, 1.807) is 28.4 Å². The highest BCUT2D eigenvalue weighted by atomic mass is 32.1. The number of ether oxygens (including phenoxy) is 1. The third-order valence-electron chi connectivity index (χ3n) is 5.67. The van der Waals surface area contributed by atoms with Crippen LogP contribution in [0.25, 0.3) is 0 Å². The highest BCUT2D eigenvalue weighted by Crippen LogP contribution is 2.30. The molecule has 30 heavy (non-hydrogen) atoms. The molecule has 0 bridgehead atoms. The first-order valence-corrected chi connectivity index (χ1v) is 10.9. The van der Waals surface area contributed by atoms with Crippen molar-refractivity contribution >= 4 is 34.6 Å². The number of anilines is 1. The van der Waals surface area contributed by atoms with E-state index in [0.717, 1.165) is 36.9 Å². The number of rotatable bonds is 5. The number of esters is 1. The van der Waals surface area contributed by atoms with E-state index < -0.39 is 10.9 Å². The molecule has 1 aromatic heterocycles. The number of thiophene rings is 1. The molecule has 158 valence electrons. The van der Waals surface area contributed by atoms with Crippen LogP contribution in [-0.4, -0.2) is 54.5 Å². The summed E-state index contributed by atoms with van der Waals surface area (Å²) in [5.74, 6) is -0.608. The minimum Gasteiger partial charge on any atom is -0.452 e. The normalized spacial score (nSPS) is 16.1. The Bertz CT molecular complexity index is 948. The van der Waals surface area contributed by atoms with E-state index in [2.05, 4.69) is 4.90 Å². The van der Waals surface area contributed by atoms with Crippen molar-refractivity contribution in [2.24, 2.45) is 0 Å². The lowest BCUT2D eigenvalue weighted by molar-refractivity contribution is -0.384. The molecule has 1 aliphatic heterocycles. The van der Waals surface area contributed by atoms with Gasteiger partial charge in [-0.25, -0.2) is 4.79 Å². The number of non-ortho nitro benzene ring substituents is 1. The summed E-state index contributed by atoms with van der Waals surface area (Å²) in [5.41, 5.74) is 2.66. The van der Waals surface area contributed by atoms with Crippen LogP contribution in [0.1, 0.15) is 33.6 Å². The molecule has 0 saturated carbocycles. The largest absolute Gasteiger partial charge is 0.452 e. The molecule has 0 spiro atoms. The zero-order valence-electron chi connectivity index (χ0n) is 16.5. The van der Waals surface area contributed by atoms with E-state index in [1.165, 1.54) is 17.0 Å². The first kappa shape index (κ1) is 20.3. The quantitative estimate of drug-likeness (QED) is 0.412. The van der Waals surface area contributed by atoms with Gasteiger partial charge in [0.05, 0.1) is 10.5 Å². The second-order valence-corrected chi connectivity index (χ2v) is 8.44. The highest BCUT2D eigenvalue weighted by Gasteiger charge is 2.25. The molecular weight excluding hydrogens is 406 g/mol. The Balaban J connectivity index is 1.27. The lowest BCUT2D eigenvalue weighted by Gasteiger charge is -2.36. The van der Waals surface area contributed by atoms with E-state index in [0.29, 0.717) is 31.7 Å². The van der Waals surface area contributed by atoms with Crippen molar-refractivity contribution in [3.05, 3.63) is 55.8 Å². The maximum Gasteiger partial charge on any atom is 0.339 e. The van der Waals surface area contributed by atoms with E-state index >= 15 is 0 Å². The summed E-state index contributed by atoms with van der Waals surface area (Å²) < 4.78 is 5.31. The summed E-state index contributed by atoms with van der Waals surface area (Å²) in [6, 6.07) is 6.41. The van der Waals surface area contributed by atoms with Gasteiger partial charge in [0.2, 0.25) is 0 Å². The van der Waals surface area contributed by atoms with Crippen molar-refractivity contribution in [1.82, 2.24) is 4.90 Å². The van der Waals surface area contributed by atoms with Crippen LogP contribution < -0.4 is 4.90 Å². The Morgan fingerprint density at radius 2 is 1.77 bits per heavy atom. The van der Waals surface area contributed by atoms with Crippen LogP contribution in [0, 0.1) is 10.1 Å². The predicted octanol–water partition coefficient (Wildman–Crippen LogP) is 3.04. The molecule has 0 N–H and O–H groups in total. The maximum atomic E-state index is 12.5. The first-order valence-electron chi connectivity index (χ1n) is 10.1. The number of hydrogen-bond acceptors (Lipinski definition) is 7. The maximum absolute atomic E-state index is 12.5. The second kappa shape index (κ2) is 8.83. The minimum atomic E-state index is -0.423. The Labute approximate surface area is 178 Å². The van der Waals surface area contributed by atoms with Crippen LogP contribution in [0.2, 0.25) is 0 Å². The number of piperazine rings is 1. The van der Waals surface area contributed by atoms with E-state index in [1.807, 2.05) is 5.38 Å². The highest BCUT2D eigenvalue weighted by molar-refractivity contribution is 7.10. The number of carbonyl (C=O) groups is 2. The number of benzene rings is 1. The zero-order chi connectivity index (χ0) is 21.1. The zero-order valence-corrected chi connectivity index (χ0v) is 17.4. The van der Waals surface area contributed by atoms with Crippen LogP contribution in [-0.2, 0) is 22.4 Å². The standard InChI is InChI=1S/C21H23N3O5S/c25-20(13-29-21(26)18-14-30-19-4-2-1-3-17(18)19)23-11-9-22(10-12-23)15-5-7-16(8-6-15)24(27)28/h5-8,14H,1-4,9-13H2. The van der Waals surface area contributed by atoms with Crippen LogP contribution in [0.5, 0.6) is 0 Å². The molecule has 1 fully saturated rings. The summed E-state index contributed by atoms with van der Waals surface area (Å²) in [5, 5.41) is 12.6. The molecule has 4 rings (SSSR count). The van der Waals surface area contributed by atoms with Gasteiger partial charge in [0.1, 0.15) is 0 Å². The first-order chi connectivity index (χ1) is 14.5. The average molecular weight is 429 g/mol. The number of nitrogens with zero attached hydrogens (tertiary/aromatic N) is 3. The van der Waals surface area contributed by atoms with E-state index in [-0.39, 0.29) is 18.2 Å². The second-order valence-electron chi connectivity index (χ2n) is 7.48. The van der Waals surface area contributed by atoms with Gasteiger partial charge in [-0.3, -0.25) is 14.9 Å². The third kappa shape index (κ3) is 4.30. The summed E-state index contributed by atoms with van der Waals surface area (Å²) in [6.45, 7) is 2.02.